The molecule has 0 aliphatic carbocycles. The number of hydrogen-bond acceptors (Lipinski definition) is 4. The molecule has 1 aliphatic heterocycles. The van der Waals surface area contributed by atoms with E-state index in [1.807, 2.05) is 37.7 Å². The van der Waals surface area contributed by atoms with Crippen molar-refractivity contribution >= 4 is 11.8 Å². The quantitative estimate of drug-likeness (QED) is 0.561. The van der Waals surface area contributed by atoms with E-state index in [1.165, 1.54) is 4.90 Å². The third-order valence-corrected chi connectivity index (χ3v) is 6.99. The summed E-state index contributed by atoms with van der Waals surface area (Å²) in [6.07, 6.45) is 4.31. The van der Waals surface area contributed by atoms with Crippen molar-refractivity contribution in [2.75, 3.05) is 5.75 Å². The van der Waals surface area contributed by atoms with Gasteiger partial charge in [-0.2, -0.15) is 5.06 Å². The Morgan fingerprint density at radius 2 is 1.93 bits per heavy atom. The number of hydroxylamine groups is 2. The van der Waals surface area contributed by atoms with Crippen LogP contribution in [0.15, 0.2) is 53.4 Å². The molecule has 1 aliphatic rings. The molecule has 1 N–H and O–H groups in total. The molecule has 0 spiro atoms. The standard InChI is InChI=1S/C24H33NO2S/c1-5-7-15-24(6-2)17-28-22-16-20(27-18(3)4)13-14-21(22)23(25(24)26)19-11-9-8-10-12-19/h8-14,16,18,23,26H,5-7,15,17H2,1-4H3. The molecule has 3 rings (SSSR count). The molecule has 0 bridgehead atoms. The predicted octanol–water partition coefficient (Wildman–Crippen LogP) is 6.70. The van der Waals surface area contributed by atoms with Crippen LogP contribution in [0, 0.1) is 0 Å². The lowest BCUT2D eigenvalue weighted by Crippen LogP contribution is -2.49. The highest BCUT2D eigenvalue weighted by molar-refractivity contribution is 7.99. The number of fused-ring (bicyclic) bond motifs is 1. The summed E-state index contributed by atoms with van der Waals surface area (Å²) in [5.74, 6) is 1.77. The van der Waals surface area contributed by atoms with Crippen molar-refractivity contribution in [3.8, 4) is 5.75 Å². The molecule has 152 valence electrons. The summed E-state index contributed by atoms with van der Waals surface area (Å²) >= 11 is 1.85. The fourth-order valence-corrected chi connectivity index (χ4v) is 5.44. The first-order chi connectivity index (χ1) is 13.5. The lowest BCUT2D eigenvalue weighted by molar-refractivity contribution is -0.193. The van der Waals surface area contributed by atoms with Gasteiger partial charge < -0.3 is 9.94 Å². The van der Waals surface area contributed by atoms with E-state index in [0.29, 0.717) is 0 Å². The Bertz CT molecular complexity index is 764. The summed E-state index contributed by atoms with van der Waals surface area (Å²) in [5.41, 5.74) is 2.04. The van der Waals surface area contributed by atoms with Crippen LogP contribution in [0.5, 0.6) is 5.75 Å². The van der Waals surface area contributed by atoms with Gasteiger partial charge in [-0.15, -0.1) is 11.8 Å². The first kappa shape index (κ1) is 21.2. The second kappa shape index (κ2) is 9.34. The molecule has 0 radical (unpaired) electrons. The zero-order valence-electron chi connectivity index (χ0n) is 17.5. The number of unbranched alkanes of at least 4 members (excludes halogenated alkanes) is 1. The average Bonchev–Trinajstić information content (AvgIpc) is 2.81. The minimum Gasteiger partial charge on any atom is -0.491 e. The first-order valence-corrected chi connectivity index (χ1v) is 11.5. The molecule has 2 atom stereocenters. The Hall–Kier alpha value is -1.49. The minimum atomic E-state index is -0.237. The van der Waals surface area contributed by atoms with E-state index in [4.69, 9.17) is 4.74 Å². The summed E-state index contributed by atoms with van der Waals surface area (Å²) in [7, 11) is 0. The van der Waals surface area contributed by atoms with Gasteiger partial charge in [-0.3, -0.25) is 0 Å². The van der Waals surface area contributed by atoms with Gasteiger partial charge in [0.05, 0.1) is 17.7 Å². The van der Waals surface area contributed by atoms with Crippen LogP contribution < -0.4 is 4.74 Å². The van der Waals surface area contributed by atoms with E-state index in [1.54, 1.807) is 5.06 Å². The first-order valence-electron chi connectivity index (χ1n) is 10.5. The van der Waals surface area contributed by atoms with E-state index >= 15 is 0 Å². The highest BCUT2D eigenvalue weighted by atomic mass is 32.2. The van der Waals surface area contributed by atoms with Gasteiger partial charge >= 0.3 is 0 Å². The van der Waals surface area contributed by atoms with Gasteiger partial charge in [-0.05, 0) is 49.9 Å². The molecule has 0 saturated heterocycles. The molecular weight excluding hydrogens is 366 g/mol. The second-order valence-electron chi connectivity index (χ2n) is 7.99. The van der Waals surface area contributed by atoms with Gasteiger partial charge in [0.25, 0.3) is 0 Å². The largest absolute Gasteiger partial charge is 0.491 e. The van der Waals surface area contributed by atoms with Gasteiger partial charge in [0.2, 0.25) is 0 Å². The van der Waals surface area contributed by atoms with Crippen LogP contribution in [0.25, 0.3) is 0 Å². The smallest absolute Gasteiger partial charge is 0.120 e. The zero-order valence-corrected chi connectivity index (χ0v) is 18.3. The van der Waals surface area contributed by atoms with Crippen LogP contribution in [-0.4, -0.2) is 27.7 Å². The highest BCUT2D eigenvalue weighted by Gasteiger charge is 2.42. The summed E-state index contributed by atoms with van der Waals surface area (Å²) in [6.45, 7) is 8.51. The molecule has 3 nitrogen and oxygen atoms in total. The number of nitrogens with zero attached hydrogens (tertiary/aromatic N) is 1. The van der Waals surface area contributed by atoms with Gasteiger partial charge in [0.15, 0.2) is 0 Å². The number of hydrogen-bond donors (Lipinski definition) is 1. The van der Waals surface area contributed by atoms with Gasteiger partial charge in [0, 0.05) is 10.6 Å². The molecule has 28 heavy (non-hydrogen) atoms. The van der Waals surface area contributed by atoms with Crippen molar-refractivity contribution in [3.63, 3.8) is 0 Å². The third-order valence-electron chi connectivity index (χ3n) is 5.65. The molecular formula is C24H33NO2S. The van der Waals surface area contributed by atoms with Crippen molar-refractivity contribution in [1.29, 1.82) is 0 Å². The normalized spacial score (nSPS) is 22.7. The molecule has 1 heterocycles. The number of rotatable bonds is 7. The van der Waals surface area contributed by atoms with E-state index in [0.717, 1.165) is 48.3 Å². The van der Waals surface area contributed by atoms with Crippen molar-refractivity contribution in [2.45, 2.75) is 76.0 Å². The summed E-state index contributed by atoms with van der Waals surface area (Å²) in [4.78, 5) is 1.21. The highest BCUT2D eigenvalue weighted by Crippen LogP contribution is 2.47. The molecule has 2 aromatic rings. The van der Waals surface area contributed by atoms with Crippen LogP contribution in [-0.2, 0) is 0 Å². The van der Waals surface area contributed by atoms with Crippen LogP contribution in [0.4, 0.5) is 0 Å². The molecule has 4 heteroatoms. The average molecular weight is 400 g/mol. The monoisotopic (exact) mass is 399 g/mol. The van der Waals surface area contributed by atoms with Crippen LogP contribution >= 0.6 is 11.8 Å². The SMILES string of the molecule is CCCCC1(CC)CSc2cc(OC(C)C)ccc2C(c2ccccc2)N1O. The maximum Gasteiger partial charge on any atom is 0.120 e. The van der Waals surface area contributed by atoms with E-state index in [9.17, 15) is 5.21 Å². The maximum absolute atomic E-state index is 11.6. The van der Waals surface area contributed by atoms with Crippen LogP contribution in [0.2, 0.25) is 0 Å². The molecule has 0 saturated carbocycles. The molecule has 2 unspecified atom stereocenters. The Balaban J connectivity index is 2.09. The van der Waals surface area contributed by atoms with Crippen molar-refractivity contribution in [2.24, 2.45) is 0 Å². The van der Waals surface area contributed by atoms with E-state index in [-0.39, 0.29) is 17.7 Å². The summed E-state index contributed by atoms with van der Waals surface area (Å²) in [5, 5.41) is 13.3. The zero-order chi connectivity index (χ0) is 20.1. The Kier molecular flexibility index (Phi) is 7.08. The number of ether oxygens (including phenoxy) is 1. The van der Waals surface area contributed by atoms with Gasteiger partial charge in [0.1, 0.15) is 5.75 Å². The summed E-state index contributed by atoms with van der Waals surface area (Å²) in [6, 6.07) is 16.5. The van der Waals surface area contributed by atoms with Gasteiger partial charge in [-0.1, -0.05) is 63.1 Å². The Morgan fingerprint density at radius 1 is 1.18 bits per heavy atom. The molecule has 2 aromatic carbocycles. The van der Waals surface area contributed by atoms with Crippen molar-refractivity contribution in [1.82, 2.24) is 5.06 Å². The van der Waals surface area contributed by atoms with E-state index < -0.39 is 0 Å². The lowest BCUT2D eigenvalue weighted by atomic mass is 9.87. The topological polar surface area (TPSA) is 32.7 Å². The molecule has 0 fully saturated rings. The van der Waals surface area contributed by atoms with Crippen molar-refractivity contribution in [3.05, 3.63) is 59.7 Å². The lowest BCUT2D eigenvalue weighted by Gasteiger charge is -2.42. The van der Waals surface area contributed by atoms with Crippen molar-refractivity contribution < 1.29 is 9.94 Å². The Morgan fingerprint density at radius 3 is 2.57 bits per heavy atom. The Labute approximate surface area is 174 Å². The predicted molar refractivity (Wildman–Crippen MR) is 117 cm³/mol. The third kappa shape index (κ3) is 4.40. The fraction of sp³-hybridized carbons (Fsp3) is 0.500. The second-order valence-corrected chi connectivity index (χ2v) is 9.01. The summed E-state index contributed by atoms with van der Waals surface area (Å²) < 4.78 is 5.94. The van der Waals surface area contributed by atoms with Crippen LogP contribution in [0.3, 0.4) is 0 Å². The number of thioether (sulfide) groups is 1. The maximum atomic E-state index is 11.6. The van der Waals surface area contributed by atoms with Gasteiger partial charge in [-0.25, -0.2) is 0 Å². The van der Waals surface area contributed by atoms with E-state index in [2.05, 4.69) is 50.2 Å². The molecule has 0 amide bonds. The number of benzene rings is 2. The fourth-order valence-electron chi connectivity index (χ4n) is 3.98. The van der Waals surface area contributed by atoms with Crippen LogP contribution in [0.1, 0.15) is 70.5 Å². The minimum absolute atomic E-state index is 0.146. The molecule has 0 aromatic heterocycles.